The molecule has 0 aliphatic heterocycles. The van der Waals surface area contributed by atoms with E-state index in [1.165, 1.54) is 11.8 Å². The van der Waals surface area contributed by atoms with E-state index in [9.17, 15) is 4.79 Å². The van der Waals surface area contributed by atoms with E-state index in [4.69, 9.17) is 4.74 Å². The van der Waals surface area contributed by atoms with E-state index in [-0.39, 0.29) is 11.2 Å². The van der Waals surface area contributed by atoms with E-state index in [1.807, 2.05) is 44.2 Å². The highest BCUT2D eigenvalue weighted by Crippen LogP contribution is 2.24. The Kier molecular flexibility index (Phi) is 7.97. The Balaban J connectivity index is 2.11. The minimum Gasteiger partial charge on any atom is -0.486 e. The maximum Gasteiger partial charge on any atom is 0.233 e. The topological polar surface area (TPSA) is 69.0 Å². The van der Waals surface area contributed by atoms with Gasteiger partial charge in [-0.15, -0.1) is 10.2 Å². The number of aromatic nitrogens is 3. The Labute approximate surface area is 159 Å². The number of para-hydroxylation sites is 1. The van der Waals surface area contributed by atoms with Gasteiger partial charge in [0.2, 0.25) is 5.91 Å². The summed E-state index contributed by atoms with van der Waals surface area (Å²) in [7, 11) is 0. The molecule has 0 aliphatic rings. The first kappa shape index (κ1) is 20.3. The largest absolute Gasteiger partial charge is 0.486 e. The fourth-order valence-electron chi connectivity index (χ4n) is 2.32. The van der Waals surface area contributed by atoms with Crippen LogP contribution in [0, 0.1) is 5.92 Å². The lowest BCUT2D eigenvalue weighted by atomic mass is 10.1. The van der Waals surface area contributed by atoms with Crippen LogP contribution in [0.2, 0.25) is 0 Å². The van der Waals surface area contributed by atoms with Gasteiger partial charge in [0, 0.05) is 13.1 Å². The maximum absolute atomic E-state index is 12.0. The summed E-state index contributed by atoms with van der Waals surface area (Å²) in [6, 6.07) is 9.67. The van der Waals surface area contributed by atoms with Crippen molar-refractivity contribution in [2.45, 2.75) is 57.7 Å². The van der Waals surface area contributed by atoms with Crippen LogP contribution in [-0.4, -0.2) is 32.5 Å². The number of hydrogen-bond donors (Lipinski definition) is 1. The number of benzene rings is 1. The van der Waals surface area contributed by atoms with Crippen LogP contribution in [0.1, 0.15) is 39.9 Å². The van der Waals surface area contributed by atoms with Gasteiger partial charge in [-0.05, 0) is 38.3 Å². The summed E-state index contributed by atoms with van der Waals surface area (Å²) >= 11 is 1.43. The molecule has 0 unspecified atom stereocenters. The van der Waals surface area contributed by atoms with Gasteiger partial charge in [-0.1, -0.05) is 43.8 Å². The Morgan fingerprint density at radius 2 is 1.96 bits per heavy atom. The summed E-state index contributed by atoms with van der Waals surface area (Å²) in [5.74, 6) is 2.16. The van der Waals surface area contributed by atoms with E-state index >= 15 is 0 Å². The normalized spacial score (nSPS) is 12.2. The molecule has 2 rings (SSSR count). The molecule has 1 aromatic carbocycles. The number of nitrogens with zero attached hydrogens (tertiary/aromatic N) is 3. The van der Waals surface area contributed by atoms with Crippen molar-refractivity contribution in [2.24, 2.45) is 5.92 Å². The van der Waals surface area contributed by atoms with Gasteiger partial charge in [-0.2, -0.15) is 0 Å². The van der Waals surface area contributed by atoms with Gasteiger partial charge in [-0.3, -0.25) is 4.79 Å². The van der Waals surface area contributed by atoms with E-state index in [0.717, 1.165) is 29.7 Å². The summed E-state index contributed by atoms with van der Waals surface area (Å²) in [5, 5.41) is 12.0. The summed E-state index contributed by atoms with van der Waals surface area (Å²) in [6.07, 6.45) is 1.01. The van der Waals surface area contributed by atoms with Crippen LogP contribution in [0.15, 0.2) is 35.5 Å². The minimum absolute atomic E-state index is 0.0120. The summed E-state index contributed by atoms with van der Waals surface area (Å²) < 4.78 is 7.90. The number of hydrogen-bond acceptors (Lipinski definition) is 5. The van der Waals surface area contributed by atoms with Crippen LogP contribution in [-0.2, 0) is 17.9 Å². The SMILES string of the molecule is CCNC(=O)[C@@H](C)Sc1nnc(COc2ccccc2)n1CCC(C)C. The predicted molar refractivity (Wildman–Crippen MR) is 104 cm³/mol. The zero-order chi connectivity index (χ0) is 18.9. The molecular weight excluding hydrogens is 348 g/mol. The van der Waals surface area contributed by atoms with Crippen LogP contribution in [0.25, 0.3) is 0 Å². The second-order valence-electron chi connectivity index (χ2n) is 6.49. The summed E-state index contributed by atoms with van der Waals surface area (Å²) in [5.41, 5.74) is 0. The van der Waals surface area contributed by atoms with E-state index in [2.05, 4.69) is 33.9 Å². The first-order valence-corrected chi connectivity index (χ1v) is 9.93. The fourth-order valence-corrected chi connectivity index (χ4v) is 3.24. The summed E-state index contributed by atoms with van der Waals surface area (Å²) in [4.78, 5) is 12.0. The molecule has 1 amide bonds. The Morgan fingerprint density at radius 3 is 2.62 bits per heavy atom. The lowest BCUT2D eigenvalue weighted by molar-refractivity contribution is -0.120. The van der Waals surface area contributed by atoms with Crippen molar-refractivity contribution in [3.8, 4) is 5.75 Å². The highest BCUT2D eigenvalue weighted by atomic mass is 32.2. The molecule has 2 aromatic rings. The number of carbonyl (C=O) groups is 1. The average molecular weight is 377 g/mol. The third-order valence-corrected chi connectivity index (χ3v) is 4.92. The van der Waals surface area contributed by atoms with Crippen molar-refractivity contribution in [3.05, 3.63) is 36.2 Å². The van der Waals surface area contributed by atoms with Gasteiger partial charge in [0.1, 0.15) is 12.4 Å². The standard InChI is InChI=1S/C19H28N4O2S/c1-5-20-18(24)15(4)26-19-22-21-17(23(19)12-11-14(2)3)13-25-16-9-7-6-8-10-16/h6-10,14-15H,5,11-13H2,1-4H3,(H,20,24)/t15-/m1/s1. The van der Waals surface area contributed by atoms with Crippen LogP contribution < -0.4 is 10.1 Å². The number of amides is 1. The first-order valence-electron chi connectivity index (χ1n) is 9.05. The van der Waals surface area contributed by atoms with Gasteiger partial charge in [0.05, 0.1) is 5.25 Å². The Morgan fingerprint density at radius 1 is 1.23 bits per heavy atom. The highest BCUT2D eigenvalue weighted by molar-refractivity contribution is 8.00. The molecule has 1 heterocycles. The van der Waals surface area contributed by atoms with Gasteiger partial charge >= 0.3 is 0 Å². The molecule has 0 saturated heterocycles. The molecule has 0 fully saturated rings. The third-order valence-electron chi connectivity index (χ3n) is 3.84. The smallest absolute Gasteiger partial charge is 0.233 e. The molecule has 0 saturated carbocycles. The minimum atomic E-state index is -0.222. The maximum atomic E-state index is 12.0. The molecule has 1 atom stereocenters. The van der Waals surface area contributed by atoms with Crippen molar-refractivity contribution in [2.75, 3.05) is 6.54 Å². The number of ether oxygens (including phenoxy) is 1. The molecule has 142 valence electrons. The molecule has 26 heavy (non-hydrogen) atoms. The zero-order valence-electron chi connectivity index (χ0n) is 15.9. The molecule has 0 aliphatic carbocycles. The lowest BCUT2D eigenvalue weighted by Gasteiger charge is -2.14. The second kappa shape index (κ2) is 10.2. The molecule has 0 spiro atoms. The second-order valence-corrected chi connectivity index (χ2v) is 7.80. The molecule has 7 heteroatoms. The van der Waals surface area contributed by atoms with Gasteiger partial charge in [0.25, 0.3) is 0 Å². The first-order chi connectivity index (χ1) is 12.5. The molecule has 1 aromatic heterocycles. The van der Waals surface area contributed by atoms with Crippen LogP contribution in [0.5, 0.6) is 5.75 Å². The predicted octanol–water partition coefficient (Wildman–Crippen LogP) is 3.52. The van der Waals surface area contributed by atoms with Crippen LogP contribution >= 0.6 is 11.8 Å². The molecule has 0 radical (unpaired) electrons. The third kappa shape index (κ3) is 6.05. The van der Waals surface area contributed by atoms with Crippen molar-refractivity contribution in [1.82, 2.24) is 20.1 Å². The monoisotopic (exact) mass is 376 g/mol. The Hall–Kier alpha value is -2.02. The quantitative estimate of drug-likeness (QED) is 0.643. The highest BCUT2D eigenvalue weighted by Gasteiger charge is 2.20. The number of rotatable bonds is 10. The van der Waals surface area contributed by atoms with Crippen molar-refractivity contribution in [1.29, 1.82) is 0 Å². The fraction of sp³-hybridized carbons (Fsp3) is 0.526. The molecule has 0 bridgehead atoms. The number of nitrogens with one attached hydrogen (secondary N) is 1. The van der Waals surface area contributed by atoms with Gasteiger partial charge in [0.15, 0.2) is 11.0 Å². The molecule has 1 N–H and O–H groups in total. The van der Waals surface area contributed by atoms with Gasteiger partial charge in [-0.25, -0.2) is 0 Å². The molecular formula is C19H28N4O2S. The van der Waals surface area contributed by atoms with E-state index < -0.39 is 0 Å². The lowest BCUT2D eigenvalue weighted by Crippen LogP contribution is -2.30. The summed E-state index contributed by atoms with van der Waals surface area (Å²) in [6.45, 7) is 9.97. The van der Waals surface area contributed by atoms with Crippen molar-refractivity contribution >= 4 is 17.7 Å². The zero-order valence-corrected chi connectivity index (χ0v) is 16.8. The van der Waals surface area contributed by atoms with Gasteiger partial charge < -0.3 is 14.6 Å². The van der Waals surface area contributed by atoms with Crippen molar-refractivity contribution < 1.29 is 9.53 Å². The van der Waals surface area contributed by atoms with Crippen LogP contribution in [0.4, 0.5) is 0 Å². The number of carbonyl (C=O) groups excluding carboxylic acids is 1. The van der Waals surface area contributed by atoms with Crippen molar-refractivity contribution in [3.63, 3.8) is 0 Å². The van der Waals surface area contributed by atoms with E-state index in [0.29, 0.717) is 19.1 Å². The van der Waals surface area contributed by atoms with Crippen LogP contribution in [0.3, 0.4) is 0 Å². The van der Waals surface area contributed by atoms with E-state index in [1.54, 1.807) is 0 Å². The molecule has 6 nitrogen and oxygen atoms in total. The average Bonchev–Trinajstić information content (AvgIpc) is 3.00. The number of thioether (sulfide) groups is 1. The Bertz CT molecular complexity index is 688.